The number of hydrogen-bond acceptors (Lipinski definition) is 7. The van der Waals surface area contributed by atoms with Gasteiger partial charge in [-0.25, -0.2) is 4.98 Å². The van der Waals surface area contributed by atoms with Gasteiger partial charge < -0.3 is 10.6 Å². The van der Waals surface area contributed by atoms with Crippen molar-refractivity contribution < 1.29 is 14.4 Å². The lowest BCUT2D eigenvalue weighted by Gasteiger charge is -2.23. The summed E-state index contributed by atoms with van der Waals surface area (Å²) in [7, 11) is 0. The standard InChI is InChI=1S/C16H20N6O3/c17-9-11-3-2-8-22(11)16(25)12(18)4-1-5-14(23)21-15(24)13-10-19-6-7-20-13/h6-7,10-12H,1-5,8,18H2,(H,21,23,24)/t11-,12+/m0/s1. The molecule has 1 aliphatic rings. The van der Waals surface area contributed by atoms with E-state index >= 15 is 0 Å². The Morgan fingerprint density at radius 2 is 2.24 bits per heavy atom. The summed E-state index contributed by atoms with van der Waals surface area (Å²) < 4.78 is 0. The lowest BCUT2D eigenvalue weighted by molar-refractivity contribution is -0.133. The first kappa shape index (κ1) is 18.5. The maximum atomic E-state index is 12.2. The molecular weight excluding hydrogens is 324 g/mol. The molecule has 0 aliphatic carbocycles. The number of imide groups is 1. The largest absolute Gasteiger partial charge is 0.325 e. The molecular formula is C16H20N6O3. The molecule has 0 unspecified atom stereocenters. The molecule has 25 heavy (non-hydrogen) atoms. The van der Waals surface area contributed by atoms with E-state index in [2.05, 4.69) is 21.4 Å². The molecule has 132 valence electrons. The first-order valence-corrected chi connectivity index (χ1v) is 8.08. The number of nitrogens with zero attached hydrogens (tertiary/aromatic N) is 4. The zero-order chi connectivity index (χ0) is 18.2. The fraction of sp³-hybridized carbons (Fsp3) is 0.500. The number of aromatic nitrogens is 2. The van der Waals surface area contributed by atoms with E-state index in [0.29, 0.717) is 25.8 Å². The molecule has 1 saturated heterocycles. The zero-order valence-electron chi connectivity index (χ0n) is 13.7. The van der Waals surface area contributed by atoms with Gasteiger partial charge in [0.1, 0.15) is 11.7 Å². The highest BCUT2D eigenvalue weighted by molar-refractivity contribution is 6.03. The van der Waals surface area contributed by atoms with Crippen LogP contribution in [0.5, 0.6) is 0 Å². The molecule has 1 aliphatic heterocycles. The summed E-state index contributed by atoms with van der Waals surface area (Å²) in [5.74, 6) is -1.35. The molecule has 1 aromatic heterocycles. The summed E-state index contributed by atoms with van der Waals surface area (Å²) in [5, 5.41) is 11.2. The Morgan fingerprint density at radius 1 is 1.44 bits per heavy atom. The van der Waals surface area contributed by atoms with E-state index in [1.54, 1.807) is 0 Å². The number of carbonyl (C=O) groups is 3. The summed E-state index contributed by atoms with van der Waals surface area (Å²) in [6.45, 7) is 0.540. The van der Waals surface area contributed by atoms with Gasteiger partial charge in [-0.05, 0) is 25.7 Å². The highest BCUT2D eigenvalue weighted by Gasteiger charge is 2.31. The van der Waals surface area contributed by atoms with E-state index in [-0.39, 0.29) is 18.0 Å². The lowest BCUT2D eigenvalue weighted by Crippen LogP contribution is -2.45. The maximum absolute atomic E-state index is 12.2. The second kappa shape index (κ2) is 8.84. The maximum Gasteiger partial charge on any atom is 0.278 e. The van der Waals surface area contributed by atoms with Crippen molar-refractivity contribution in [1.82, 2.24) is 20.2 Å². The van der Waals surface area contributed by atoms with Crippen molar-refractivity contribution in [2.45, 2.75) is 44.2 Å². The molecule has 2 rings (SSSR count). The summed E-state index contributed by atoms with van der Waals surface area (Å²) >= 11 is 0. The van der Waals surface area contributed by atoms with Gasteiger partial charge in [-0.3, -0.25) is 24.7 Å². The van der Waals surface area contributed by atoms with Crippen LogP contribution < -0.4 is 11.1 Å². The fourth-order valence-electron chi connectivity index (χ4n) is 2.65. The zero-order valence-corrected chi connectivity index (χ0v) is 13.7. The normalized spacial score (nSPS) is 17.6. The van der Waals surface area contributed by atoms with E-state index in [4.69, 9.17) is 11.0 Å². The van der Waals surface area contributed by atoms with Crippen molar-refractivity contribution in [3.8, 4) is 6.07 Å². The summed E-state index contributed by atoms with van der Waals surface area (Å²) in [6.07, 6.45) is 6.24. The van der Waals surface area contributed by atoms with Crippen LogP contribution in [0.3, 0.4) is 0 Å². The van der Waals surface area contributed by atoms with E-state index in [1.807, 2.05) is 0 Å². The number of rotatable bonds is 6. The van der Waals surface area contributed by atoms with Crippen LogP contribution in [0.4, 0.5) is 0 Å². The Balaban J connectivity index is 1.72. The lowest BCUT2D eigenvalue weighted by atomic mass is 10.1. The fourth-order valence-corrected chi connectivity index (χ4v) is 2.65. The van der Waals surface area contributed by atoms with Crippen molar-refractivity contribution in [3.63, 3.8) is 0 Å². The van der Waals surface area contributed by atoms with Crippen LogP contribution in [0.1, 0.15) is 42.6 Å². The molecule has 0 saturated carbocycles. The third kappa shape index (κ3) is 5.06. The number of nitriles is 1. The van der Waals surface area contributed by atoms with Crippen LogP contribution >= 0.6 is 0 Å². The Bertz CT molecular complexity index is 672. The number of likely N-dealkylation sites (tertiary alicyclic amines) is 1. The van der Waals surface area contributed by atoms with E-state index in [9.17, 15) is 14.4 Å². The van der Waals surface area contributed by atoms with Crippen LogP contribution in [0.15, 0.2) is 18.6 Å². The monoisotopic (exact) mass is 344 g/mol. The van der Waals surface area contributed by atoms with Gasteiger partial charge in [-0.15, -0.1) is 0 Å². The summed E-state index contributed by atoms with van der Waals surface area (Å²) in [4.78, 5) is 44.8. The van der Waals surface area contributed by atoms with Crippen LogP contribution in [-0.2, 0) is 9.59 Å². The Kier molecular flexibility index (Phi) is 6.54. The smallest absolute Gasteiger partial charge is 0.278 e. The van der Waals surface area contributed by atoms with Crippen molar-refractivity contribution in [3.05, 3.63) is 24.3 Å². The van der Waals surface area contributed by atoms with Gasteiger partial charge >= 0.3 is 0 Å². The predicted octanol–water partition coefficient (Wildman–Crippen LogP) is -0.255. The van der Waals surface area contributed by atoms with E-state index in [0.717, 1.165) is 6.42 Å². The van der Waals surface area contributed by atoms with Crippen molar-refractivity contribution in [1.29, 1.82) is 5.26 Å². The predicted molar refractivity (Wildman–Crippen MR) is 86.7 cm³/mol. The molecule has 0 radical (unpaired) electrons. The molecule has 2 heterocycles. The number of nitrogens with two attached hydrogens (primary N) is 1. The van der Waals surface area contributed by atoms with Crippen LogP contribution in [0, 0.1) is 11.3 Å². The van der Waals surface area contributed by atoms with Gasteiger partial charge in [-0.2, -0.15) is 5.26 Å². The van der Waals surface area contributed by atoms with E-state index < -0.39 is 23.9 Å². The van der Waals surface area contributed by atoms with Crippen LogP contribution in [-0.4, -0.2) is 51.2 Å². The summed E-state index contributed by atoms with van der Waals surface area (Å²) in [6, 6.07) is 0.935. The van der Waals surface area contributed by atoms with Gasteiger partial charge in [-0.1, -0.05) is 0 Å². The van der Waals surface area contributed by atoms with Crippen LogP contribution in [0.2, 0.25) is 0 Å². The summed E-state index contributed by atoms with van der Waals surface area (Å²) in [5.41, 5.74) is 5.93. The molecule has 9 heteroatoms. The molecule has 1 fully saturated rings. The highest BCUT2D eigenvalue weighted by atomic mass is 16.2. The first-order chi connectivity index (χ1) is 12.0. The van der Waals surface area contributed by atoms with Gasteiger partial charge in [0.15, 0.2) is 0 Å². The number of carbonyl (C=O) groups excluding carboxylic acids is 3. The van der Waals surface area contributed by atoms with Gasteiger partial charge in [0.2, 0.25) is 11.8 Å². The Labute approximate surface area is 145 Å². The molecule has 9 nitrogen and oxygen atoms in total. The van der Waals surface area contributed by atoms with E-state index in [1.165, 1.54) is 23.5 Å². The van der Waals surface area contributed by atoms with Gasteiger partial charge in [0.05, 0.1) is 18.3 Å². The molecule has 3 N–H and O–H groups in total. The molecule has 0 spiro atoms. The third-order valence-corrected chi connectivity index (χ3v) is 3.97. The minimum Gasteiger partial charge on any atom is -0.325 e. The average molecular weight is 344 g/mol. The second-order valence-corrected chi connectivity index (χ2v) is 5.79. The van der Waals surface area contributed by atoms with Crippen molar-refractivity contribution in [2.75, 3.05) is 6.54 Å². The second-order valence-electron chi connectivity index (χ2n) is 5.79. The first-order valence-electron chi connectivity index (χ1n) is 8.08. The SMILES string of the molecule is N#C[C@@H]1CCCN1C(=O)[C@H](N)CCCC(=O)NC(=O)c1cnccn1. The Morgan fingerprint density at radius 3 is 2.92 bits per heavy atom. The minimum absolute atomic E-state index is 0.0549. The number of hydrogen-bond donors (Lipinski definition) is 2. The molecule has 3 amide bonds. The highest BCUT2D eigenvalue weighted by Crippen LogP contribution is 2.18. The average Bonchev–Trinajstić information content (AvgIpc) is 3.10. The number of amides is 3. The topological polar surface area (TPSA) is 142 Å². The minimum atomic E-state index is -0.752. The van der Waals surface area contributed by atoms with Crippen molar-refractivity contribution in [2.24, 2.45) is 5.73 Å². The van der Waals surface area contributed by atoms with Gasteiger partial charge in [0, 0.05) is 25.4 Å². The molecule has 0 bridgehead atoms. The molecule has 1 aromatic rings. The van der Waals surface area contributed by atoms with Gasteiger partial charge in [0.25, 0.3) is 5.91 Å². The molecule has 0 aromatic carbocycles. The van der Waals surface area contributed by atoms with Crippen molar-refractivity contribution >= 4 is 17.7 Å². The third-order valence-electron chi connectivity index (χ3n) is 3.97. The number of nitrogens with one attached hydrogen (secondary N) is 1. The van der Waals surface area contributed by atoms with Crippen LogP contribution in [0.25, 0.3) is 0 Å². The quantitative estimate of drug-likeness (QED) is 0.724. The molecule has 2 atom stereocenters. The Hall–Kier alpha value is -2.86.